The average Bonchev–Trinajstić information content (AvgIpc) is 3.03. The zero-order valence-electron chi connectivity index (χ0n) is 11.1. The van der Waals surface area contributed by atoms with Gasteiger partial charge in [0.05, 0.1) is 0 Å². The summed E-state index contributed by atoms with van der Waals surface area (Å²) in [5.41, 5.74) is -0.475. The van der Waals surface area contributed by atoms with Crippen LogP contribution in [0.2, 0.25) is 0 Å². The van der Waals surface area contributed by atoms with E-state index in [0.717, 1.165) is 37.3 Å². The van der Waals surface area contributed by atoms with Gasteiger partial charge in [0.2, 0.25) is 0 Å². The van der Waals surface area contributed by atoms with E-state index in [2.05, 4.69) is 26.0 Å². The van der Waals surface area contributed by atoms with Gasteiger partial charge in [0, 0.05) is 36.9 Å². The maximum absolute atomic E-state index is 12.8. The number of rotatable bonds is 3. The molecule has 8 heteroatoms. The Balaban J connectivity index is 1.94. The minimum absolute atomic E-state index is 0.407. The highest BCUT2D eigenvalue weighted by Gasteiger charge is 2.35. The van der Waals surface area contributed by atoms with E-state index in [1.807, 2.05) is 4.90 Å². The van der Waals surface area contributed by atoms with E-state index in [1.54, 1.807) is 0 Å². The zero-order valence-corrected chi connectivity index (χ0v) is 12.7. The Morgan fingerprint density at radius 3 is 2.90 bits per heavy atom. The van der Waals surface area contributed by atoms with Crippen molar-refractivity contribution in [1.82, 2.24) is 14.6 Å². The van der Waals surface area contributed by atoms with Gasteiger partial charge in [-0.05, 0) is 18.8 Å². The molecule has 1 atom stereocenters. The Hall–Kier alpha value is -1.31. The molecule has 4 nitrogen and oxygen atoms in total. The van der Waals surface area contributed by atoms with Gasteiger partial charge in [0.1, 0.15) is 5.52 Å². The average molecular weight is 363 g/mol. The van der Waals surface area contributed by atoms with Gasteiger partial charge in [0.15, 0.2) is 11.5 Å². The van der Waals surface area contributed by atoms with Crippen LogP contribution in [0.4, 0.5) is 19.0 Å². The van der Waals surface area contributed by atoms with Crippen LogP contribution in [-0.2, 0) is 6.18 Å². The second-order valence-corrected chi connectivity index (χ2v) is 5.98. The number of halogens is 4. The molecule has 1 fully saturated rings. The number of aromatic nitrogens is 3. The van der Waals surface area contributed by atoms with Crippen LogP contribution in [0.3, 0.4) is 0 Å². The van der Waals surface area contributed by atoms with E-state index in [0.29, 0.717) is 17.3 Å². The molecule has 3 rings (SSSR count). The lowest BCUT2D eigenvalue weighted by molar-refractivity contribution is -0.141. The highest BCUT2D eigenvalue weighted by Crippen LogP contribution is 2.32. The molecule has 0 saturated carbocycles. The number of hydrogen-bond donors (Lipinski definition) is 0. The van der Waals surface area contributed by atoms with Crippen molar-refractivity contribution in [3.63, 3.8) is 0 Å². The Kier molecular flexibility index (Phi) is 3.81. The second-order valence-electron chi connectivity index (χ2n) is 5.19. The zero-order chi connectivity index (χ0) is 15.0. The summed E-state index contributed by atoms with van der Waals surface area (Å²) < 4.78 is 39.6. The van der Waals surface area contributed by atoms with Crippen LogP contribution in [0.5, 0.6) is 0 Å². The molecule has 0 spiro atoms. The molecule has 1 unspecified atom stereocenters. The van der Waals surface area contributed by atoms with Crippen molar-refractivity contribution < 1.29 is 13.2 Å². The summed E-state index contributed by atoms with van der Waals surface area (Å²) in [6, 6.07) is 1.07. The third-order valence-corrected chi connectivity index (χ3v) is 4.22. The standard InChI is InChI=1S/C13H14BrF3N4/c14-3-1-9-2-5-20(8-9)12-10-7-11(13(15,16)17)19-21(10)6-4-18-12/h4,6-7,9H,1-3,5,8H2. The SMILES string of the molecule is FC(F)(F)c1cc2c(N3CCC(CCBr)C3)nccn2n1. The molecule has 0 aromatic carbocycles. The van der Waals surface area contributed by atoms with E-state index in [1.165, 1.54) is 16.9 Å². The van der Waals surface area contributed by atoms with Crippen LogP contribution in [0.25, 0.3) is 5.52 Å². The van der Waals surface area contributed by atoms with Gasteiger partial charge in [-0.3, -0.25) is 0 Å². The quantitative estimate of drug-likeness (QED) is 0.785. The normalized spacial score (nSPS) is 19.6. The smallest absolute Gasteiger partial charge is 0.355 e. The van der Waals surface area contributed by atoms with E-state index >= 15 is 0 Å². The van der Waals surface area contributed by atoms with Crippen LogP contribution < -0.4 is 4.90 Å². The van der Waals surface area contributed by atoms with Crippen molar-refractivity contribution in [1.29, 1.82) is 0 Å². The summed E-state index contributed by atoms with van der Waals surface area (Å²) in [6.07, 6.45) is 0.599. The lowest BCUT2D eigenvalue weighted by Crippen LogP contribution is -2.21. The first-order valence-electron chi connectivity index (χ1n) is 6.71. The van der Waals surface area contributed by atoms with Gasteiger partial charge < -0.3 is 4.90 Å². The molecular formula is C13H14BrF3N4. The predicted octanol–water partition coefficient (Wildman–Crippen LogP) is 3.36. The Labute approximate surface area is 128 Å². The fraction of sp³-hybridized carbons (Fsp3) is 0.538. The van der Waals surface area contributed by atoms with Crippen LogP contribution >= 0.6 is 15.9 Å². The number of fused-ring (bicyclic) bond motifs is 1. The molecule has 21 heavy (non-hydrogen) atoms. The van der Waals surface area contributed by atoms with E-state index in [-0.39, 0.29) is 0 Å². The largest absolute Gasteiger partial charge is 0.435 e. The van der Waals surface area contributed by atoms with Crippen molar-refractivity contribution in [3.8, 4) is 0 Å². The van der Waals surface area contributed by atoms with Gasteiger partial charge in [-0.1, -0.05) is 15.9 Å². The Bertz CT molecular complexity index is 640. The fourth-order valence-electron chi connectivity index (χ4n) is 2.71. The Morgan fingerprint density at radius 1 is 1.38 bits per heavy atom. The van der Waals surface area contributed by atoms with Crippen molar-refractivity contribution in [2.75, 3.05) is 23.3 Å². The van der Waals surface area contributed by atoms with Crippen molar-refractivity contribution in [2.45, 2.75) is 19.0 Å². The molecular weight excluding hydrogens is 349 g/mol. The first-order valence-corrected chi connectivity index (χ1v) is 7.83. The summed E-state index contributed by atoms with van der Waals surface area (Å²) in [7, 11) is 0. The van der Waals surface area contributed by atoms with Crippen LogP contribution in [0, 0.1) is 5.92 Å². The molecule has 0 N–H and O–H groups in total. The lowest BCUT2D eigenvalue weighted by Gasteiger charge is -2.18. The molecule has 0 aliphatic carbocycles. The summed E-state index contributed by atoms with van der Waals surface area (Å²) >= 11 is 3.43. The molecule has 2 aromatic heterocycles. The van der Waals surface area contributed by atoms with Gasteiger partial charge in [-0.2, -0.15) is 18.3 Å². The van der Waals surface area contributed by atoms with Gasteiger partial charge in [-0.15, -0.1) is 0 Å². The van der Waals surface area contributed by atoms with Crippen LogP contribution in [0.1, 0.15) is 18.5 Å². The molecule has 1 aliphatic rings. The summed E-state index contributed by atoms with van der Waals surface area (Å²) in [4.78, 5) is 6.31. The van der Waals surface area contributed by atoms with Gasteiger partial charge in [-0.25, -0.2) is 9.50 Å². The highest BCUT2D eigenvalue weighted by atomic mass is 79.9. The fourth-order valence-corrected chi connectivity index (χ4v) is 3.35. The minimum Gasteiger partial charge on any atom is -0.355 e. The van der Waals surface area contributed by atoms with Gasteiger partial charge in [0.25, 0.3) is 0 Å². The van der Waals surface area contributed by atoms with Crippen molar-refractivity contribution >= 4 is 27.3 Å². The lowest BCUT2D eigenvalue weighted by atomic mass is 10.1. The predicted molar refractivity (Wildman–Crippen MR) is 76.7 cm³/mol. The number of nitrogens with zero attached hydrogens (tertiary/aromatic N) is 4. The van der Waals surface area contributed by atoms with E-state index < -0.39 is 11.9 Å². The molecule has 2 aromatic rings. The number of hydrogen-bond acceptors (Lipinski definition) is 3. The highest BCUT2D eigenvalue weighted by molar-refractivity contribution is 9.09. The summed E-state index contributed by atoms with van der Waals surface area (Å²) in [5.74, 6) is 1.13. The van der Waals surface area contributed by atoms with Crippen LogP contribution in [-0.4, -0.2) is 33.0 Å². The maximum atomic E-state index is 12.8. The first-order chi connectivity index (χ1) is 9.99. The molecule has 0 radical (unpaired) electrons. The molecule has 114 valence electrons. The third kappa shape index (κ3) is 2.86. The Morgan fingerprint density at radius 2 is 2.19 bits per heavy atom. The van der Waals surface area contributed by atoms with E-state index in [4.69, 9.17) is 0 Å². The summed E-state index contributed by atoms with van der Waals surface area (Å²) in [5, 5.41) is 4.53. The maximum Gasteiger partial charge on any atom is 0.435 e. The second kappa shape index (κ2) is 5.47. The van der Waals surface area contributed by atoms with Gasteiger partial charge >= 0.3 is 6.18 Å². The monoisotopic (exact) mass is 362 g/mol. The van der Waals surface area contributed by atoms with Crippen LogP contribution in [0.15, 0.2) is 18.5 Å². The van der Waals surface area contributed by atoms with Crippen molar-refractivity contribution in [2.24, 2.45) is 5.92 Å². The third-order valence-electron chi connectivity index (χ3n) is 3.76. The molecule has 0 bridgehead atoms. The first kappa shape index (κ1) is 14.6. The molecule has 0 amide bonds. The van der Waals surface area contributed by atoms with Crippen molar-refractivity contribution in [3.05, 3.63) is 24.2 Å². The topological polar surface area (TPSA) is 33.4 Å². The molecule has 1 aliphatic heterocycles. The number of alkyl halides is 4. The minimum atomic E-state index is -4.44. The van der Waals surface area contributed by atoms with E-state index in [9.17, 15) is 13.2 Å². The number of anilines is 1. The molecule has 1 saturated heterocycles. The summed E-state index contributed by atoms with van der Waals surface area (Å²) in [6.45, 7) is 1.64. The molecule has 3 heterocycles.